The number of nitrogens with zero attached hydrogens (tertiary/aromatic N) is 1. The molecule has 3 heteroatoms. The summed E-state index contributed by atoms with van der Waals surface area (Å²) < 4.78 is 0. The number of hydrogen-bond donors (Lipinski definition) is 1. The Morgan fingerprint density at radius 3 is 2.53 bits per heavy atom. The smallest absolute Gasteiger partial charge is 0.168 e. The summed E-state index contributed by atoms with van der Waals surface area (Å²) in [7, 11) is 0. The molecular weight excluding hydrogens is 190 g/mol. The van der Waals surface area contributed by atoms with Crippen LogP contribution in [-0.4, -0.2) is 16.7 Å². The second kappa shape index (κ2) is 3.80. The van der Waals surface area contributed by atoms with Gasteiger partial charge in [-0.05, 0) is 25.7 Å². The molecule has 1 atom stereocenters. The Balaban J connectivity index is 3.24. The molecule has 84 valence electrons. The summed E-state index contributed by atoms with van der Waals surface area (Å²) in [6.45, 7) is 9.75. The first kappa shape index (κ1) is 12.0. The summed E-state index contributed by atoms with van der Waals surface area (Å²) in [6, 6.07) is 0. The Kier molecular flexibility index (Phi) is 3.03. The summed E-state index contributed by atoms with van der Waals surface area (Å²) in [5.74, 6) is 0.0759. The van der Waals surface area contributed by atoms with E-state index >= 15 is 0 Å². The average molecular weight is 209 g/mol. The quantitative estimate of drug-likeness (QED) is 0.410. The van der Waals surface area contributed by atoms with Crippen molar-refractivity contribution in [1.29, 1.82) is 0 Å². The Morgan fingerprint density at radius 2 is 2.07 bits per heavy atom. The molecule has 0 aromatic carbocycles. The summed E-state index contributed by atoms with van der Waals surface area (Å²) in [5.41, 5.74) is 2.07. The van der Waals surface area contributed by atoms with E-state index in [4.69, 9.17) is 5.21 Å². The molecular formula is C12H19NO2. The van der Waals surface area contributed by atoms with Gasteiger partial charge in [-0.2, -0.15) is 0 Å². The van der Waals surface area contributed by atoms with E-state index in [1.165, 1.54) is 0 Å². The van der Waals surface area contributed by atoms with Gasteiger partial charge in [0.25, 0.3) is 0 Å². The van der Waals surface area contributed by atoms with Gasteiger partial charge in [-0.3, -0.25) is 4.79 Å². The van der Waals surface area contributed by atoms with Crippen molar-refractivity contribution < 1.29 is 10.0 Å². The molecule has 15 heavy (non-hydrogen) atoms. The van der Waals surface area contributed by atoms with E-state index in [1.807, 2.05) is 13.8 Å². The van der Waals surface area contributed by atoms with Gasteiger partial charge in [0.1, 0.15) is 0 Å². The summed E-state index contributed by atoms with van der Waals surface area (Å²) in [4.78, 5) is 12.1. The number of oxime groups is 1. The van der Waals surface area contributed by atoms with Crippen LogP contribution in [0.25, 0.3) is 0 Å². The highest BCUT2D eigenvalue weighted by Gasteiger charge is 2.39. The molecule has 0 amide bonds. The minimum absolute atomic E-state index is 0.000399. The molecule has 0 aliphatic heterocycles. The largest absolute Gasteiger partial charge is 0.411 e. The molecule has 1 rings (SSSR count). The Hall–Kier alpha value is -1.12. The van der Waals surface area contributed by atoms with Gasteiger partial charge in [0.2, 0.25) is 0 Å². The third kappa shape index (κ3) is 1.96. The predicted molar refractivity (Wildman–Crippen MR) is 60.2 cm³/mol. The van der Waals surface area contributed by atoms with Crippen molar-refractivity contribution in [3.63, 3.8) is 0 Å². The summed E-state index contributed by atoms with van der Waals surface area (Å²) in [5, 5.41) is 11.9. The zero-order valence-corrected chi connectivity index (χ0v) is 10.1. The first-order valence-electron chi connectivity index (χ1n) is 5.24. The fourth-order valence-corrected chi connectivity index (χ4v) is 2.24. The van der Waals surface area contributed by atoms with Crippen LogP contribution in [0, 0.1) is 11.3 Å². The van der Waals surface area contributed by atoms with Crippen molar-refractivity contribution >= 4 is 11.5 Å². The van der Waals surface area contributed by atoms with Crippen LogP contribution in [0.15, 0.2) is 16.3 Å². The number of Topliss-reactive ketones (excluding diaryl/α,β-unsaturated/α-hetero) is 1. The van der Waals surface area contributed by atoms with Crippen molar-refractivity contribution in [2.75, 3.05) is 0 Å². The van der Waals surface area contributed by atoms with Gasteiger partial charge >= 0.3 is 0 Å². The van der Waals surface area contributed by atoms with E-state index in [2.05, 4.69) is 19.0 Å². The van der Waals surface area contributed by atoms with Crippen LogP contribution in [0.2, 0.25) is 0 Å². The van der Waals surface area contributed by atoms with Crippen molar-refractivity contribution in [3.05, 3.63) is 11.1 Å². The van der Waals surface area contributed by atoms with Gasteiger partial charge in [-0.25, -0.2) is 0 Å². The lowest BCUT2D eigenvalue weighted by molar-refractivity contribution is -0.122. The molecule has 0 aromatic heterocycles. The number of carbonyl (C=O) groups excluding carboxylic acids is 1. The van der Waals surface area contributed by atoms with Crippen LogP contribution in [-0.2, 0) is 4.79 Å². The molecule has 0 saturated heterocycles. The molecule has 1 aliphatic rings. The SMILES string of the molecule is CC1=C(/C(C)=N/O)C(=O)C(C)C(C)(C)C1. The summed E-state index contributed by atoms with van der Waals surface area (Å²) >= 11 is 0. The van der Waals surface area contributed by atoms with Crippen LogP contribution in [0.5, 0.6) is 0 Å². The van der Waals surface area contributed by atoms with Crippen molar-refractivity contribution in [1.82, 2.24) is 0 Å². The first-order chi connectivity index (χ1) is 6.81. The van der Waals surface area contributed by atoms with Crippen LogP contribution in [0.3, 0.4) is 0 Å². The van der Waals surface area contributed by atoms with Crippen molar-refractivity contribution in [3.8, 4) is 0 Å². The molecule has 0 fully saturated rings. The Morgan fingerprint density at radius 1 is 1.53 bits per heavy atom. The van der Waals surface area contributed by atoms with Gasteiger partial charge < -0.3 is 5.21 Å². The molecule has 0 spiro atoms. The third-order valence-electron chi connectivity index (χ3n) is 3.47. The maximum absolute atomic E-state index is 12.1. The lowest BCUT2D eigenvalue weighted by Crippen LogP contribution is -2.36. The predicted octanol–water partition coefficient (Wildman–Crippen LogP) is 2.79. The normalized spacial score (nSPS) is 27.1. The van der Waals surface area contributed by atoms with Gasteiger partial charge in [-0.1, -0.05) is 31.5 Å². The number of ketones is 1. The standard InChI is InChI=1S/C12H19NO2/c1-7-6-12(4,5)8(2)11(14)10(7)9(3)13-15/h8,15H,6H2,1-5H3/b13-9+. The van der Waals surface area contributed by atoms with E-state index in [9.17, 15) is 4.79 Å². The number of hydrogen-bond acceptors (Lipinski definition) is 3. The Labute approximate surface area is 90.9 Å². The van der Waals surface area contributed by atoms with Crippen LogP contribution in [0.1, 0.15) is 41.0 Å². The maximum atomic E-state index is 12.1. The highest BCUT2D eigenvalue weighted by molar-refractivity contribution is 6.23. The number of rotatable bonds is 1. The topological polar surface area (TPSA) is 49.7 Å². The van der Waals surface area contributed by atoms with Crippen molar-refractivity contribution in [2.45, 2.75) is 41.0 Å². The molecule has 0 bridgehead atoms. The zero-order chi connectivity index (χ0) is 11.8. The Bertz CT molecular complexity index is 351. The van der Waals surface area contributed by atoms with E-state index < -0.39 is 0 Å². The molecule has 3 nitrogen and oxygen atoms in total. The highest BCUT2D eigenvalue weighted by Crippen LogP contribution is 2.41. The number of allylic oxidation sites excluding steroid dienone is 2. The average Bonchev–Trinajstić information content (AvgIpc) is 2.13. The molecule has 1 unspecified atom stereocenters. The highest BCUT2D eigenvalue weighted by atomic mass is 16.4. The molecule has 0 aromatic rings. The fourth-order valence-electron chi connectivity index (χ4n) is 2.24. The lowest BCUT2D eigenvalue weighted by atomic mass is 9.66. The molecule has 0 saturated carbocycles. The second-order valence-electron chi connectivity index (χ2n) is 5.09. The van der Waals surface area contributed by atoms with Gasteiger partial charge in [0.05, 0.1) is 5.71 Å². The van der Waals surface area contributed by atoms with E-state index in [0.717, 1.165) is 12.0 Å². The maximum Gasteiger partial charge on any atom is 0.168 e. The van der Waals surface area contributed by atoms with Crippen molar-refractivity contribution in [2.24, 2.45) is 16.5 Å². The van der Waals surface area contributed by atoms with E-state index in [-0.39, 0.29) is 17.1 Å². The van der Waals surface area contributed by atoms with Crippen LogP contribution < -0.4 is 0 Å². The fraction of sp³-hybridized carbons (Fsp3) is 0.667. The van der Waals surface area contributed by atoms with E-state index in [1.54, 1.807) is 6.92 Å². The van der Waals surface area contributed by atoms with Gasteiger partial charge in [-0.15, -0.1) is 0 Å². The molecule has 1 aliphatic carbocycles. The first-order valence-corrected chi connectivity index (χ1v) is 5.24. The monoisotopic (exact) mass is 209 g/mol. The molecule has 1 N–H and O–H groups in total. The minimum atomic E-state index is -0.0205. The molecule has 0 radical (unpaired) electrons. The van der Waals surface area contributed by atoms with Gasteiger partial charge in [0, 0.05) is 11.5 Å². The van der Waals surface area contributed by atoms with E-state index in [0.29, 0.717) is 11.3 Å². The second-order valence-corrected chi connectivity index (χ2v) is 5.09. The van der Waals surface area contributed by atoms with Crippen LogP contribution >= 0.6 is 0 Å². The molecule has 0 heterocycles. The van der Waals surface area contributed by atoms with Crippen LogP contribution in [0.4, 0.5) is 0 Å². The third-order valence-corrected chi connectivity index (χ3v) is 3.47. The lowest BCUT2D eigenvalue weighted by Gasteiger charge is -2.36. The zero-order valence-electron chi connectivity index (χ0n) is 10.1. The minimum Gasteiger partial charge on any atom is -0.411 e. The van der Waals surface area contributed by atoms with Gasteiger partial charge in [0.15, 0.2) is 5.78 Å². The summed E-state index contributed by atoms with van der Waals surface area (Å²) in [6.07, 6.45) is 0.877. The number of carbonyl (C=O) groups is 1.